The minimum atomic E-state index is -0.365. The zero-order valence-corrected chi connectivity index (χ0v) is 11.2. The molecule has 1 aromatic rings. The first-order chi connectivity index (χ1) is 6.15. The van der Waals surface area contributed by atoms with Gasteiger partial charge in [-0.1, -0.05) is 0 Å². The van der Waals surface area contributed by atoms with E-state index in [1.807, 2.05) is 22.6 Å². The van der Waals surface area contributed by atoms with Crippen LogP contribution in [0.25, 0.3) is 0 Å². The van der Waals surface area contributed by atoms with E-state index in [2.05, 4.69) is 0 Å². The first-order valence-corrected chi connectivity index (χ1v) is 6.30. The summed E-state index contributed by atoms with van der Waals surface area (Å²) in [5.41, 5.74) is 0.427. The van der Waals surface area contributed by atoms with Crippen LogP contribution in [0.4, 0.5) is 0 Å². The highest BCUT2D eigenvalue weighted by Gasteiger charge is 2.10. The van der Waals surface area contributed by atoms with Gasteiger partial charge in [0.2, 0.25) is 0 Å². The van der Waals surface area contributed by atoms with Gasteiger partial charge in [0.25, 0.3) is 0 Å². The number of rotatable bonds is 2. The largest absolute Gasteiger partial charge is 0.508 e. The summed E-state index contributed by atoms with van der Waals surface area (Å²) in [6.45, 7) is 0. The maximum atomic E-state index is 11.3. The highest BCUT2D eigenvalue weighted by atomic mass is 127. The summed E-state index contributed by atoms with van der Waals surface area (Å²) < 4.78 is 5.66. The number of phenolic OH excluding ortho intramolecular Hbond substituents is 1. The summed E-state index contributed by atoms with van der Waals surface area (Å²) in [5.74, 6) is -0.281. The zero-order chi connectivity index (χ0) is 9.84. The number of carbonyl (C=O) groups is 1. The van der Waals surface area contributed by atoms with E-state index >= 15 is 0 Å². The number of aromatic hydroxyl groups is 1. The predicted octanol–water partition coefficient (Wildman–Crippen LogP) is 0.476. The van der Waals surface area contributed by atoms with E-state index in [1.165, 1.54) is 6.07 Å². The van der Waals surface area contributed by atoms with Crippen LogP contribution in [0.2, 0.25) is 0 Å². The van der Waals surface area contributed by atoms with Crippen LogP contribution in [-0.2, 0) is 4.74 Å². The van der Waals surface area contributed by atoms with Gasteiger partial charge in [0.1, 0.15) is 5.75 Å². The Balaban J connectivity index is 2.99. The first kappa shape index (κ1) is 10.5. The Morgan fingerprint density at radius 3 is 2.92 bits per heavy atom. The molecule has 1 rings (SSSR count). The van der Waals surface area contributed by atoms with Crippen LogP contribution in [0.5, 0.6) is 5.75 Å². The SMILES string of the molecule is O=C(OC[SiH3])c1cc(O)ccc1I. The Labute approximate surface area is 92.7 Å². The van der Waals surface area contributed by atoms with E-state index in [9.17, 15) is 4.79 Å². The molecule has 13 heavy (non-hydrogen) atoms. The number of hydrogen-bond acceptors (Lipinski definition) is 3. The summed E-state index contributed by atoms with van der Waals surface area (Å²) in [4.78, 5) is 11.3. The Morgan fingerprint density at radius 2 is 2.31 bits per heavy atom. The van der Waals surface area contributed by atoms with Crippen molar-refractivity contribution < 1.29 is 14.6 Å². The number of carbonyl (C=O) groups excluding carboxylic acids is 1. The molecule has 3 nitrogen and oxygen atoms in total. The van der Waals surface area contributed by atoms with Crippen molar-refractivity contribution in [3.05, 3.63) is 27.3 Å². The molecule has 1 aromatic carbocycles. The molecule has 0 aromatic heterocycles. The first-order valence-electron chi connectivity index (χ1n) is 3.80. The third-order valence-electron chi connectivity index (χ3n) is 1.45. The molecule has 0 bridgehead atoms. The predicted molar refractivity (Wildman–Crippen MR) is 61.0 cm³/mol. The van der Waals surface area contributed by atoms with Crippen molar-refractivity contribution in [3.63, 3.8) is 0 Å². The summed E-state index contributed by atoms with van der Waals surface area (Å²) in [6.07, 6.45) is 0.477. The molecule has 0 fully saturated rings. The second-order valence-corrected chi connectivity index (χ2v) is 4.12. The highest BCUT2D eigenvalue weighted by Crippen LogP contribution is 2.18. The molecule has 0 aliphatic rings. The van der Waals surface area contributed by atoms with E-state index < -0.39 is 0 Å². The molecule has 0 atom stereocenters. The van der Waals surface area contributed by atoms with Gasteiger partial charge in [-0.25, -0.2) is 4.79 Å². The van der Waals surface area contributed by atoms with Crippen molar-refractivity contribution in [1.29, 1.82) is 0 Å². The topological polar surface area (TPSA) is 46.5 Å². The Kier molecular flexibility index (Phi) is 3.73. The molecule has 0 saturated heterocycles. The fourth-order valence-corrected chi connectivity index (χ4v) is 1.70. The number of phenols is 1. The van der Waals surface area contributed by atoms with Gasteiger partial charge in [-0.2, -0.15) is 0 Å². The number of halogens is 1. The molecular formula is C8H9IO3Si. The molecule has 0 unspecified atom stereocenters. The number of hydrogen-bond donors (Lipinski definition) is 1. The van der Waals surface area contributed by atoms with E-state index in [1.54, 1.807) is 12.1 Å². The molecule has 70 valence electrons. The van der Waals surface area contributed by atoms with Crippen LogP contribution in [0, 0.1) is 3.57 Å². The number of benzene rings is 1. The Hall–Kier alpha value is -0.563. The summed E-state index contributed by atoms with van der Waals surface area (Å²) in [5, 5.41) is 9.15. The van der Waals surface area contributed by atoms with E-state index in [4.69, 9.17) is 9.84 Å². The summed E-state index contributed by atoms with van der Waals surface area (Å²) in [6, 6.07) is 4.64. The molecule has 0 saturated carbocycles. The van der Waals surface area contributed by atoms with Gasteiger partial charge in [-0.05, 0) is 40.8 Å². The van der Waals surface area contributed by atoms with Crippen LogP contribution < -0.4 is 0 Å². The van der Waals surface area contributed by atoms with Crippen LogP contribution in [0.15, 0.2) is 18.2 Å². The van der Waals surface area contributed by atoms with Gasteiger partial charge < -0.3 is 9.84 Å². The molecule has 0 radical (unpaired) electrons. The van der Waals surface area contributed by atoms with Crippen LogP contribution >= 0.6 is 22.6 Å². The normalized spacial score (nSPS) is 9.92. The van der Waals surface area contributed by atoms with Crippen molar-refractivity contribution in [2.24, 2.45) is 0 Å². The van der Waals surface area contributed by atoms with E-state index in [-0.39, 0.29) is 11.7 Å². The van der Waals surface area contributed by atoms with Crippen molar-refractivity contribution in [1.82, 2.24) is 0 Å². The lowest BCUT2D eigenvalue weighted by molar-refractivity contribution is 0.0572. The summed E-state index contributed by atoms with van der Waals surface area (Å²) >= 11 is 2.03. The van der Waals surface area contributed by atoms with Gasteiger partial charge in [-0.3, -0.25) is 0 Å². The Morgan fingerprint density at radius 1 is 1.62 bits per heavy atom. The molecule has 0 aliphatic heterocycles. The van der Waals surface area contributed by atoms with Crippen LogP contribution in [0.1, 0.15) is 10.4 Å². The van der Waals surface area contributed by atoms with Gasteiger partial charge in [0.05, 0.1) is 22.0 Å². The van der Waals surface area contributed by atoms with Crippen molar-refractivity contribution in [3.8, 4) is 5.75 Å². The third kappa shape index (κ3) is 2.70. The maximum Gasteiger partial charge on any atom is 0.338 e. The fraction of sp³-hybridized carbons (Fsp3) is 0.125. The quantitative estimate of drug-likeness (QED) is 0.491. The monoisotopic (exact) mass is 308 g/mol. The molecule has 0 spiro atoms. The zero-order valence-electron chi connectivity index (χ0n) is 7.08. The lowest BCUT2D eigenvalue weighted by Crippen LogP contribution is -2.07. The molecule has 1 N–H and O–H groups in total. The lowest BCUT2D eigenvalue weighted by atomic mass is 10.2. The minimum Gasteiger partial charge on any atom is -0.508 e. The fourth-order valence-electron chi connectivity index (χ4n) is 0.879. The van der Waals surface area contributed by atoms with Gasteiger partial charge in [-0.15, -0.1) is 0 Å². The average Bonchev–Trinajstić information content (AvgIpc) is 2.09. The molecule has 0 aliphatic carbocycles. The highest BCUT2D eigenvalue weighted by molar-refractivity contribution is 14.1. The second kappa shape index (κ2) is 4.61. The Bertz CT molecular complexity index is 327. The molecular weight excluding hydrogens is 299 g/mol. The van der Waals surface area contributed by atoms with Crippen LogP contribution in [-0.4, -0.2) is 27.5 Å². The third-order valence-corrected chi connectivity index (χ3v) is 2.67. The average molecular weight is 308 g/mol. The van der Waals surface area contributed by atoms with E-state index in [0.29, 0.717) is 11.8 Å². The smallest absolute Gasteiger partial charge is 0.338 e. The molecule has 0 heterocycles. The maximum absolute atomic E-state index is 11.3. The van der Waals surface area contributed by atoms with Gasteiger partial charge in [0.15, 0.2) is 0 Å². The summed E-state index contributed by atoms with van der Waals surface area (Å²) in [7, 11) is 0.826. The second-order valence-electron chi connectivity index (χ2n) is 2.38. The molecule has 0 amide bonds. The van der Waals surface area contributed by atoms with Crippen molar-refractivity contribution in [2.75, 3.05) is 6.23 Å². The minimum absolute atomic E-state index is 0.0840. The van der Waals surface area contributed by atoms with E-state index in [0.717, 1.165) is 13.8 Å². The van der Waals surface area contributed by atoms with Crippen LogP contribution in [0.3, 0.4) is 0 Å². The standard InChI is InChI=1S/C8H9IO3Si/c9-7-2-1-5(10)3-6(7)8(11)12-4-13/h1-3,10H,4H2,13H3. The molecule has 5 heteroatoms. The van der Waals surface area contributed by atoms with Crippen molar-refractivity contribution >= 4 is 38.8 Å². The number of ether oxygens (including phenoxy) is 1. The van der Waals surface area contributed by atoms with Gasteiger partial charge in [0, 0.05) is 3.57 Å². The number of esters is 1. The van der Waals surface area contributed by atoms with Gasteiger partial charge >= 0.3 is 5.97 Å². The van der Waals surface area contributed by atoms with Crippen molar-refractivity contribution in [2.45, 2.75) is 0 Å². The lowest BCUT2D eigenvalue weighted by Gasteiger charge is -2.04.